The highest BCUT2D eigenvalue weighted by Crippen LogP contribution is 2.38. The summed E-state index contributed by atoms with van der Waals surface area (Å²) in [6.45, 7) is 7.65. The molecule has 68 heavy (non-hydrogen) atoms. The van der Waals surface area contributed by atoms with Gasteiger partial charge in [-0.3, -0.25) is 39.0 Å². The highest BCUT2D eigenvalue weighted by atomic mass is 16.2. The quantitative estimate of drug-likeness (QED) is 0.109. The molecule has 0 bridgehead atoms. The first-order chi connectivity index (χ1) is 33.4. The number of carbonyl (C=O) groups is 3. The molecule has 1 fully saturated rings. The number of amides is 3. The largest absolute Gasteiger partial charge is 0.375 e. The van der Waals surface area contributed by atoms with Crippen molar-refractivity contribution in [1.82, 2.24) is 50.5 Å². The molecule has 3 aliphatic rings. The molecule has 0 spiro atoms. The number of fused-ring (bicyclic) bond motifs is 7. The molecule has 1 unspecified atom stereocenters. The lowest BCUT2D eigenvalue weighted by Crippen LogP contribution is -2.51. The number of aromatic nitrogens is 3. The van der Waals surface area contributed by atoms with Crippen molar-refractivity contribution in [3.63, 3.8) is 0 Å². The number of nitrogens with zero attached hydrogens (tertiary/aromatic N) is 7. The summed E-state index contributed by atoms with van der Waals surface area (Å²) < 4.78 is 0. The zero-order chi connectivity index (χ0) is 46.5. The molecule has 14 heteroatoms. The standard InChI is InChI=1S/C54H63N11O3/c66-48(56-33-40-13-4-1-5-14-40)37-63-27-25-62(36-43-22-23-45-52(59-43)51-44(19-12-24-55-51)53-54(45)61-47-21-11-10-20-46(47)60-53)26-28-64(38-49(67)57-34-41-15-6-2-7-16-41)30-32-65(31-29-63)39-50(68)58-35-42-17-8-3-9-18-42/h1-9,12-19,22-24,43,59H,10-11,20-21,25-39H2,(H,56,66)(H,57,67)(H,58,68). The maximum Gasteiger partial charge on any atom is 0.234 e. The zero-order valence-corrected chi connectivity index (χ0v) is 38.9. The van der Waals surface area contributed by atoms with E-state index in [9.17, 15) is 14.4 Å². The minimum Gasteiger partial charge on any atom is -0.375 e. The monoisotopic (exact) mass is 914 g/mol. The van der Waals surface area contributed by atoms with Crippen molar-refractivity contribution in [1.29, 1.82) is 0 Å². The van der Waals surface area contributed by atoms with Crippen LogP contribution in [0.1, 0.15) is 46.5 Å². The van der Waals surface area contributed by atoms with Gasteiger partial charge in [0.15, 0.2) is 0 Å². The molecule has 4 heterocycles. The molecular weight excluding hydrogens is 851 g/mol. The van der Waals surface area contributed by atoms with E-state index < -0.39 is 0 Å². The predicted molar refractivity (Wildman–Crippen MR) is 269 cm³/mol. The first kappa shape index (κ1) is 46.5. The number of carbonyl (C=O) groups excluding carboxylic acids is 3. The Labute approximate surface area is 399 Å². The van der Waals surface area contributed by atoms with Gasteiger partial charge in [0.2, 0.25) is 17.7 Å². The second-order valence-electron chi connectivity index (χ2n) is 18.2. The smallest absolute Gasteiger partial charge is 0.234 e. The number of benzene rings is 4. The van der Waals surface area contributed by atoms with Gasteiger partial charge < -0.3 is 21.3 Å². The zero-order valence-electron chi connectivity index (χ0n) is 38.9. The maximum atomic E-state index is 13.6. The van der Waals surface area contributed by atoms with Gasteiger partial charge in [0.05, 0.1) is 59.3 Å². The van der Waals surface area contributed by atoms with Gasteiger partial charge in [-0.1, -0.05) is 103 Å². The van der Waals surface area contributed by atoms with E-state index in [1.807, 2.05) is 103 Å². The van der Waals surface area contributed by atoms with E-state index in [1.54, 1.807) is 0 Å². The van der Waals surface area contributed by atoms with E-state index in [-0.39, 0.29) is 43.4 Å². The average Bonchev–Trinajstić information content (AvgIpc) is 3.38. The molecule has 0 saturated carbocycles. The lowest BCUT2D eigenvalue weighted by molar-refractivity contribution is -0.124. The Morgan fingerprint density at radius 1 is 0.529 bits per heavy atom. The van der Waals surface area contributed by atoms with Gasteiger partial charge in [-0.05, 0) is 54.5 Å². The van der Waals surface area contributed by atoms with Gasteiger partial charge >= 0.3 is 0 Å². The molecule has 6 aromatic rings. The lowest BCUT2D eigenvalue weighted by atomic mass is 9.96. The van der Waals surface area contributed by atoms with Crippen molar-refractivity contribution in [3.05, 3.63) is 149 Å². The Morgan fingerprint density at radius 2 is 0.971 bits per heavy atom. The average molecular weight is 914 g/mol. The third-order valence-corrected chi connectivity index (χ3v) is 13.3. The van der Waals surface area contributed by atoms with Crippen molar-refractivity contribution in [3.8, 4) is 0 Å². The van der Waals surface area contributed by atoms with Crippen molar-refractivity contribution < 1.29 is 14.4 Å². The van der Waals surface area contributed by atoms with Gasteiger partial charge in [-0.2, -0.15) is 0 Å². The third kappa shape index (κ3) is 12.5. The molecular formula is C54H63N11O3. The number of pyridine rings is 1. The van der Waals surface area contributed by atoms with Crippen molar-refractivity contribution in [2.24, 2.45) is 0 Å². The van der Waals surface area contributed by atoms with Crippen LogP contribution < -0.4 is 21.3 Å². The maximum absolute atomic E-state index is 13.6. The Bertz CT molecular complexity index is 2610. The van der Waals surface area contributed by atoms with E-state index in [0.717, 1.165) is 86.9 Å². The number of rotatable bonds is 14. The fourth-order valence-corrected chi connectivity index (χ4v) is 9.45. The van der Waals surface area contributed by atoms with Gasteiger partial charge in [0.25, 0.3) is 0 Å². The van der Waals surface area contributed by atoms with E-state index in [2.05, 4.69) is 59.1 Å². The van der Waals surface area contributed by atoms with Crippen LogP contribution in [0.15, 0.2) is 115 Å². The molecule has 1 aliphatic carbocycles. The van der Waals surface area contributed by atoms with E-state index in [1.165, 1.54) is 0 Å². The van der Waals surface area contributed by atoms with Gasteiger partial charge in [0, 0.05) is 95.7 Å². The highest BCUT2D eigenvalue weighted by Gasteiger charge is 2.26. The molecule has 4 N–H and O–H groups in total. The predicted octanol–water partition coefficient (Wildman–Crippen LogP) is 5.03. The molecule has 0 radical (unpaired) electrons. The molecule has 4 aromatic carbocycles. The van der Waals surface area contributed by atoms with Crippen molar-refractivity contribution in [2.45, 2.75) is 51.4 Å². The van der Waals surface area contributed by atoms with Crippen LogP contribution in [0.4, 0.5) is 5.69 Å². The molecule has 1 saturated heterocycles. The summed E-state index contributed by atoms with van der Waals surface area (Å²) in [6.07, 6.45) is 10.5. The Morgan fingerprint density at radius 3 is 1.44 bits per heavy atom. The fraction of sp³-hybridized carbons (Fsp3) is 0.370. The summed E-state index contributed by atoms with van der Waals surface area (Å²) in [6, 6.07) is 33.9. The van der Waals surface area contributed by atoms with Gasteiger partial charge in [0.1, 0.15) is 0 Å². The van der Waals surface area contributed by atoms with E-state index in [0.29, 0.717) is 78.5 Å². The van der Waals surface area contributed by atoms with E-state index >= 15 is 0 Å². The molecule has 9 rings (SSSR count). The van der Waals surface area contributed by atoms with Crippen LogP contribution in [-0.4, -0.2) is 137 Å². The number of aryl methyl sites for hydroxylation is 2. The summed E-state index contributed by atoms with van der Waals surface area (Å²) in [4.78, 5) is 65.1. The third-order valence-electron chi connectivity index (χ3n) is 13.3. The summed E-state index contributed by atoms with van der Waals surface area (Å²) in [7, 11) is 0. The first-order valence-electron chi connectivity index (χ1n) is 24.3. The van der Waals surface area contributed by atoms with Crippen molar-refractivity contribution >= 4 is 51.4 Å². The molecule has 1 atom stereocenters. The number of anilines is 1. The summed E-state index contributed by atoms with van der Waals surface area (Å²) in [5, 5.41) is 14.2. The van der Waals surface area contributed by atoms with Crippen LogP contribution in [-0.2, 0) is 46.9 Å². The topological polar surface area (TPSA) is 151 Å². The summed E-state index contributed by atoms with van der Waals surface area (Å²) in [5.74, 6) is -0.156. The Hall–Kier alpha value is -6.58. The Kier molecular flexibility index (Phi) is 15.7. The van der Waals surface area contributed by atoms with E-state index in [4.69, 9.17) is 15.0 Å². The lowest BCUT2D eigenvalue weighted by Gasteiger charge is -2.35. The summed E-state index contributed by atoms with van der Waals surface area (Å²) in [5.41, 5.74) is 10.1. The SMILES string of the molecule is O=C(CN1CCN(CC(=O)NCc2ccccc2)CCN(CC2C=Cc3c(c4ncccc4c4nc5c(nc34)CCCC5)N2)CCN(CC(=O)NCc2ccccc2)CC1)NCc1ccccc1. The Balaban J connectivity index is 0.943. The number of nitrogens with one attached hydrogen (secondary N) is 4. The van der Waals surface area contributed by atoms with Gasteiger partial charge in [-0.15, -0.1) is 0 Å². The van der Waals surface area contributed by atoms with Crippen LogP contribution in [0, 0.1) is 0 Å². The van der Waals surface area contributed by atoms with Gasteiger partial charge in [-0.25, -0.2) is 9.97 Å². The van der Waals surface area contributed by atoms with Crippen molar-refractivity contribution in [2.75, 3.05) is 83.9 Å². The van der Waals surface area contributed by atoms with Crippen LogP contribution in [0.25, 0.3) is 28.0 Å². The minimum absolute atomic E-state index is 0.0428. The molecule has 2 aliphatic heterocycles. The van der Waals surface area contributed by atoms with Crippen LogP contribution >= 0.6 is 0 Å². The number of hydrogen-bond donors (Lipinski definition) is 4. The van der Waals surface area contributed by atoms with Crippen LogP contribution in [0.2, 0.25) is 0 Å². The molecule has 3 amide bonds. The first-order valence-corrected chi connectivity index (χ1v) is 24.3. The van der Waals surface area contributed by atoms with Crippen LogP contribution in [0.3, 0.4) is 0 Å². The summed E-state index contributed by atoms with van der Waals surface area (Å²) >= 11 is 0. The second kappa shape index (κ2) is 22.9. The minimum atomic E-state index is -0.0663. The second-order valence-corrected chi connectivity index (χ2v) is 18.2. The fourth-order valence-electron chi connectivity index (χ4n) is 9.45. The molecule has 2 aromatic heterocycles. The normalized spacial score (nSPS) is 17.6. The highest BCUT2D eigenvalue weighted by molar-refractivity contribution is 6.13. The molecule has 14 nitrogen and oxygen atoms in total. The molecule has 352 valence electrons. The van der Waals surface area contributed by atoms with Crippen LogP contribution in [0.5, 0.6) is 0 Å². The number of hydrogen-bond acceptors (Lipinski definition) is 11.